The number of methoxy groups -OCH3 is 2. The molecule has 1 N–H and O–H groups in total. The number of sulfonamides is 1. The van der Waals surface area contributed by atoms with Crippen LogP contribution in [-0.4, -0.2) is 29.2 Å². The minimum Gasteiger partial charge on any atom is -0.493 e. The molecule has 0 heterocycles. The third-order valence-electron chi connectivity index (χ3n) is 4.62. The van der Waals surface area contributed by atoms with Gasteiger partial charge in [-0.25, -0.2) is 13.1 Å². The van der Waals surface area contributed by atoms with E-state index in [0.29, 0.717) is 35.8 Å². The summed E-state index contributed by atoms with van der Waals surface area (Å²) >= 11 is 0. The first-order valence-electron chi connectivity index (χ1n) is 7.43. The van der Waals surface area contributed by atoms with Crippen LogP contribution in [0.15, 0.2) is 35.2 Å². The lowest BCUT2D eigenvalue weighted by molar-refractivity contribution is 0.354. The molecular formula is C16H21NO4S. The molecule has 3 atom stereocenters. The molecule has 0 radical (unpaired) electrons. The Bertz CT molecular complexity index is 683. The number of ether oxygens (including phenoxy) is 2. The van der Waals surface area contributed by atoms with Gasteiger partial charge in [-0.05, 0) is 42.7 Å². The molecule has 1 aromatic rings. The third kappa shape index (κ3) is 2.85. The number of nitrogens with one attached hydrogen (secondary N) is 1. The average Bonchev–Trinajstić information content (AvgIpc) is 3.15. The normalized spacial score (nSPS) is 26.4. The van der Waals surface area contributed by atoms with Gasteiger partial charge in [-0.1, -0.05) is 12.2 Å². The summed E-state index contributed by atoms with van der Waals surface area (Å²) in [4.78, 5) is 0.198. The Morgan fingerprint density at radius 1 is 1.14 bits per heavy atom. The Morgan fingerprint density at radius 2 is 1.91 bits per heavy atom. The molecule has 120 valence electrons. The number of allylic oxidation sites excluding steroid dienone is 2. The molecule has 0 spiro atoms. The minimum atomic E-state index is -3.53. The molecule has 0 saturated heterocycles. The van der Waals surface area contributed by atoms with Gasteiger partial charge in [-0.15, -0.1) is 0 Å². The van der Waals surface area contributed by atoms with Gasteiger partial charge in [0, 0.05) is 12.6 Å². The lowest BCUT2D eigenvalue weighted by atomic mass is 9.94. The van der Waals surface area contributed by atoms with Crippen LogP contribution in [0.25, 0.3) is 0 Å². The van der Waals surface area contributed by atoms with Crippen molar-refractivity contribution in [2.75, 3.05) is 20.8 Å². The lowest BCUT2D eigenvalue weighted by Gasteiger charge is -2.18. The number of hydrogen-bond donors (Lipinski definition) is 1. The van der Waals surface area contributed by atoms with Crippen LogP contribution in [0.2, 0.25) is 0 Å². The number of rotatable bonds is 6. The predicted octanol–water partition coefficient (Wildman–Crippen LogP) is 2.19. The van der Waals surface area contributed by atoms with Gasteiger partial charge in [0.25, 0.3) is 0 Å². The molecule has 1 fully saturated rings. The summed E-state index contributed by atoms with van der Waals surface area (Å²) in [6, 6.07) is 4.62. The van der Waals surface area contributed by atoms with Crippen LogP contribution >= 0.6 is 0 Å². The second kappa shape index (κ2) is 5.93. The zero-order valence-electron chi connectivity index (χ0n) is 12.8. The standard InChI is InChI=1S/C16H21NO4S/c1-20-15-6-5-14(9-16(15)21-2)22(18,19)17-10-13-8-11-3-4-12(13)7-11/h3-6,9,11-13,17H,7-8,10H2,1-2H3/t11-,12+,13+/m0/s1. The quantitative estimate of drug-likeness (QED) is 0.815. The first-order chi connectivity index (χ1) is 10.5. The number of fused-ring (bicyclic) bond motifs is 2. The van der Waals surface area contributed by atoms with Crippen molar-refractivity contribution < 1.29 is 17.9 Å². The van der Waals surface area contributed by atoms with Crippen LogP contribution in [0.4, 0.5) is 0 Å². The van der Waals surface area contributed by atoms with Crippen molar-refractivity contribution in [3.8, 4) is 11.5 Å². The van der Waals surface area contributed by atoms with E-state index in [9.17, 15) is 8.42 Å². The molecule has 1 saturated carbocycles. The molecule has 2 aliphatic rings. The van der Waals surface area contributed by atoms with Crippen LogP contribution in [0.3, 0.4) is 0 Å². The highest BCUT2D eigenvalue weighted by molar-refractivity contribution is 7.89. The molecule has 2 bridgehead atoms. The van der Waals surface area contributed by atoms with Gasteiger partial charge in [0.2, 0.25) is 10.0 Å². The van der Waals surface area contributed by atoms with Crippen molar-refractivity contribution in [1.29, 1.82) is 0 Å². The molecule has 22 heavy (non-hydrogen) atoms. The molecule has 1 aromatic carbocycles. The van der Waals surface area contributed by atoms with Gasteiger partial charge < -0.3 is 9.47 Å². The smallest absolute Gasteiger partial charge is 0.240 e. The highest BCUT2D eigenvalue weighted by Crippen LogP contribution is 2.43. The van der Waals surface area contributed by atoms with E-state index in [-0.39, 0.29) is 4.90 Å². The number of benzene rings is 1. The first-order valence-corrected chi connectivity index (χ1v) is 8.92. The fraction of sp³-hybridized carbons (Fsp3) is 0.500. The Kier molecular flexibility index (Phi) is 4.14. The molecule has 0 unspecified atom stereocenters. The van der Waals surface area contributed by atoms with Crippen LogP contribution in [-0.2, 0) is 10.0 Å². The maximum atomic E-state index is 12.4. The Balaban J connectivity index is 1.71. The summed E-state index contributed by atoms with van der Waals surface area (Å²) in [5, 5.41) is 0. The summed E-state index contributed by atoms with van der Waals surface area (Å²) in [6.45, 7) is 0.488. The first kappa shape index (κ1) is 15.4. The molecule has 0 aromatic heterocycles. The number of hydrogen-bond acceptors (Lipinski definition) is 4. The zero-order valence-corrected chi connectivity index (χ0v) is 13.6. The Hall–Kier alpha value is -1.53. The van der Waals surface area contributed by atoms with E-state index in [0.717, 1.165) is 6.42 Å². The maximum absolute atomic E-state index is 12.4. The van der Waals surface area contributed by atoms with Crippen LogP contribution in [0, 0.1) is 17.8 Å². The summed E-state index contributed by atoms with van der Waals surface area (Å²) < 4.78 is 37.9. The monoisotopic (exact) mass is 323 g/mol. The van der Waals surface area contributed by atoms with Crippen LogP contribution in [0.1, 0.15) is 12.8 Å². The maximum Gasteiger partial charge on any atom is 0.240 e. The highest BCUT2D eigenvalue weighted by Gasteiger charge is 2.36. The lowest BCUT2D eigenvalue weighted by Crippen LogP contribution is -2.31. The summed E-state index contributed by atoms with van der Waals surface area (Å²) in [7, 11) is -0.522. The molecule has 0 aliphatic heterocycles. The van der Waals surface area contributed by atoms with E-state index in [1.54, 1.807) is 6.07 Å². The molecular weight excluding hydrogens is 302 g/mol. The van der Waals surface area contributed by atoms with Gasteiger partial charge in [-0.3, -0.25) is 0 Å². The summed E-state index contributed by atoms with van der Waals surface area (Å²) in [6.07, 6.45) is 6.73. The van der Waals surface area contributed by atoms with Crippen molar-refractivity contribution in [3.63, 3.8) is 0 Å². The van der Waals surface area contributed by atoms with Crippen molar-refractivity contribution in [3.05, 3.63) is 30.4 Å². The van der Waals surface area contributed by atoms with E-state index in [1.807, 2.05) is 0 Å². The Labute approximate surface area is 131 Å². The molecule has 6 heteroatoms. The molecule has 0 amide bonds. The second-order valence-electron chi connectivity index (χ2n) is 5.91. The largest absolute Gasteiger partial charge is 0.493 e. The predicted molar refractivity (Wildman–Crippen MR) is 83.6 cm³/mol. The molecule has 2 aliphatic carbocycles. The van der Waals surface area contributed by atoms with Crippen LogP contribution in [0.5, 0.6) is 11.5 Å². The molecule has 5 nitrogen and oxygen atoms in total. The second-order valence-corrected chi connectivity index (χ2v) is 7.68. The van der Waals surface area contributed by atoms with Gasteiger partial charge in [0.05, 0.1) is 19.1 Å². The average molecular weight is 323 g/mol. The van der Waals surface area contributed by atoms with Crippen molar-refractivity contribution in [1.82, 2.24) is 4.72 Å². The minimum absolute atomic E-state index is 0.198. The van der Waals surface area contributed by atoms with E-state index in [1.165, 1.54) is 32.8 Å². The fourth-order valence-electron chi connectivity index (χ4n) is 3.41. The van der Waals surface area contributed by atoms with E-state index in [2.05, 4.69) is 16.9 Å². The Morgan fingerprint density at radius 3 is 2.50 bits per heavy atom. The summed E-state index contributed by atoms with van der Waals surface area (Å²) in [5.41, 5.74) is 0. The van der Waals surface area contributed by atoms with Gasteiger partial charge >= 0.3 is 0 Å². The molecule has 3 rings (SSSR count). The van der Waals surface area contributed by atoms with Gasteiger partial charge in [-0.2, -0.15) is 0 Å². The van der Waals surface area contributed by atoms with E-state index in [4.69, 9.17) is 9.47 Å². The van der Waals surface area contributed by atoms with E-state index < -0.39 is 10.0 Å². The van der Waals surface area contributed by atoms with Gasteiger partial charge in [0.1, 0.15) is 0 Å². The fourth-order valence-corrected chi connectivity index (χ4v) is 4.52. The highest BCUT2D eigenvalue weighted by atomic mass is 32.2. The van der Waals surface area contributed by atoms with Crippen molar-refractivity contribution in [2.45, 2.75) is 17.7 Å². The summed E-state index contributed by atoms with van der Waals surface area (Å²) in [5.74, 6) is 2.50. The van der Waals surface area contributed by atoms with Crippen molar-refractivity contribution in [2.24, 2.45) is 17.8 Å². The SMILES string of the molecule is COc1ccc(S(=O)(=O)NC[C@H]2C[C@H]3C=C[C@@H]2C3)cc1OC. The topological polar surface area (TPSA) is 64.6 Å². The van der Waals surface area contributed by atoms with Crippen molar-refractivity contribution >= 4 is 10.0 Å². The van der Waals surface area contributed by atoms with Gasteiger partial charge in [0.15, 0.2) is 11.5 Å². The van der Waals surface area contributed by atoms with Crippen LogP contribution < -0.4 is 14.2 Å². The zero-order chi connectivity index (χ0) is 15.7. The van der Waals surface area contributed by atoms with E-state index >= 15 is 0 Å². The third-order valence-corrected chi connectivity index (χ3v) is 6.04.